The number of nitrogens with zero attached hydrogens (tertiary/aromatic N) is 1. The molecule has 1 amide bonds. The highest BCUT2D eigenvalue weighted by Crippen LogP contribution is 2.11. The van der Waals surface area contributed by atoms with Crippen molar-refractivity contribution in [1.82, 2.24) is 5.32 Å². The number of aliphatic imine (C=N–C) groups is 1. The molecule has 0 saturated carbocycles. The van der Waals surface area contributed by atoms with Gasteiger partial charge in [0.2, 0.25) is 5.91 Å². The second kappa shape index (κ2) is 20.0. The maximum absolute atomic E-state index is 12.1. The van der Waals surface area contributed by atoms with Crippen LogP contribution in [0.3, 0.4) is 0 Å². The zero-order valence-electron chi connectivity index (χ0n) is 18.3. The van der Waals surface area contributed by atoms with Crippen molar-refractivity contribution in [1.29, 1.82) is 0 Å². The minimum absolute atomic E-state index is 0. The average molecular weight is 400 g/mol. The molecule has 0 saturated heterocycles. The van der Waals surface area contributed by atoms with Crippen LogP contribution in [0.2, 0.25) is 0 Å². The van der Waals surface area contributed by atoms with Gasteiger partial charge in [-0.1, -0.05) is 58.3 Å². The first-order valence-corrected chi connectivity index (χ1v) is 10.5. The van der Waals surface area contributed by atoms with Crippen LogP contribution in [0.5, 0.6) is 0 Å². The van der Waals surface area contributed by atoms with Gasteiger partial charge >= 0.3 is 5.97 Å². The molecule has 0 bridgehead atoms. The quantitative estimate of drug-likeness (QED) is 0.114. The summed E-state index contributed by atoms with van der Waals surface area (Å²) < 4.78 is 5.04. The lowest BCUT2D eigenvalue weighted by molar-refractivity contribution is -0.147. The van der Waals surface area contributed by atoms with Crippen molar-refractivity contribution in [3.63, 3.8) is 0 Å². The Morgan fingerprint density at radius 3 is 2.04 bits per heavy atom. The van der Waals surface area contributed by atoms with Gasteiger partial charge in [-0.3, -0.25) is 9.79 Å². The zero-order chi connectivity index (χ0) is 20.3. The molecule has 1 unspecified atom stereocenters. The maximum Gasteiger partial charge on any atom is 0.328 e. The second-order valence-corrected chi connectivity index (χ2v) is 6.90. The molecule has 7 heteroatoms. The first kappa shape index (κ1) is 28.4. The first-order chi connectivity index (χ1) is 13.0. The molecule has 166 valence electrons. The SMILES string of the molecule is CCCCCCCCCCCC(=O)NC(CCCN=C(N)N)C(=O)OCC.[CH3-]. The number of esters is 1. The highest BCUT2D eigenvalue weighted by atomic mass is 16.5. The molecule has 28 heavy (non-hydrogen) atoms. The third-order valence-corrected chi connectivity index (χ3v) is 4.36. The summed E-state index contributed by atoms with van der Waals surface area (Å²) >= 11 is 0. The number of hydrogen-bond acceptors (Lipinski definition) is 4. The molecular formula is C21H43N4O3-. The molecular weight excluding hydrogens is 356 g/mol. The number of unbranched alkanes of at least 4 members (excludes halogenated alkanes) is 8. The Morgan fingerprint density at radius 1 is 0.929 bits per heavy atom. The van der Waals surface area contributed by atoms with Gasteiger partial charge < -0.3 is 28.9 Å². The molecule has 0 spiro atoms. The summed E-state index contributed by atoms with van der Waals surface area (Å²) in [5.74, 6) is -0.474. The number of hydrogen-bond donors (Lipinski definition) is 3. The Morgan fingerprint density at radius 2 is 1.50 bits per heavy atom. The minimum atomic E-state index is -0.634. The van der Waals surface area contributed by atoms with Crippen LogP contribution < -0.4 is 16.8 Å². The van der Waals surface area contributed by atoms with Crippen molar-refractivity contribution < 1.29 is 14.3 Å². The monoisotopic (exact) mass is 399 g/mol. The summed E-state index contributed by atoms with van der Waals surface area (Å²) in [5.41, 5.74) is 10.6. The Bertz CT molecular complexity index is 424. The molecule has 0 aromatic heterocycles. The number of carbonyl (C=O) groups is 2. The predicted molar refractivity (Wildman–Crippen MR) is 117 cm³/mol. The van der Waals surface area contributed by atoms with Gasteiger partial charge in [0, 0.05) is 13.0 Å². The molecule has 0 radical (unpaired) electrons. The number of nitrogens with two attached hydrogens (primary N) is 2. The van der Waals surface area contributed by atoms with E-state index in [9.17, 15) is 9.59 Å². The fourth-order valence-electron chi connectivity index (χ4n) is 2.86. The summed E-state index contributed by atoms with van der Waals surface area (Å²) in [5, 5.41) is 2.79. The molecule has 7 nitrogen and oxygen atoms in total. The van der Waals surface area contributed by atoms with E-state index in [1.165, 1.54) is 44.9 Å². The smallest absolute Gasteiger partial charge is 0.328 e. The lowest BCUT2D eigenvalue weighted by Gasteiger charge is -2.17. The number of rotatable bonds is 17. The van der Waals surface area contributed by atoms with E-state index in [-0.39, 0.29) is 25.9 Å². The molecule has 0 aliphatic rings. The summed E-state index contributed by atoms with van der Waals surface area (Å²) in [6.07, 6.45) is 12.3. The van der Waals surface area contributed by atoms with Crippen LogP contribution in [0, 0.1) is 7.43 Å². The van der Waals surface area contributed by atoms with Crippen LogP contribution in [-0.2, 0) is 14.3 Å². The van der Waals surface area contributed by atoms with Gasteiger partial charge in [-0.2, -0.15) is 0 Å². The fraction of sp³-hybridized carbons (Fsp3) is 0.810. The molecule has 0 aliphatic heterocycles. The van der Waals surface area contributed by atoms with Gasteiger partial charge in [-0.15, -0.1) is 0 Å². The molecule has 0 rings (SSSR count). The van der Waals surface area contributed by atoms with E-state index >= 15 is 0 Å². The molecule has 0 fully saturated rings. The van der Waals surface area contributed by atoms with Crippen molar-refractivity contribution in [2.24, 2.45) is 16.5 Å². The van der Waals surface area contributed by atoms with Crippen molar-refractivity contribution in [3.05, 3.63) is 7.43 Å². The van der Waals surface area contributed by atoms with E-state index in [1.54, 1.807) is 6.92 Å². The molecule has 5 N–H and O–H groups in total. The first-order valence-electron chi connectivity index (χ1n) is 10.5. The molecule has 1 atom stereocenters. The standard InChI is InChI=1S/C20H40N4O3.CH3/c1-3-5-6-7-8-9-10-11-12-15-18(25)24-17(19(26)27-4-2)14-13-16-23-20(21)22;/h17H,3-16H2,1-2H3,(H,24,25)(H4,21,22,23);1H3/q;-1. The van der Waals surface area contributed by atoms with Crippen molar-refractivity contribution in [2.45, 2.75) is 96.9 Å². The minimum Gasteiger partial charge on any atom is -0.464 e. The van der Waals surface area contributed by atoms with E-state index in [0.717, 1.165) is 12.8 Å². The van der Waals surface area contributed by atoms with E-state index in [1.807, 2.05) is 0 Å². The normalized spacial score (nSPS) is 11.2. The highest BCUT2D eigenvalue weighted by Gasteiger charge is 2.21. The fourth-order valence-corrected chi connectivity index (χ4v) is 2.86. The summed E-state index contributed by atoms with van der Waals surface area (Å²) in [6.45, 7) is 4.68. The molecule has 0 aromatic carbocycles. The summed E-state index contributed by atoms with van der Waals surface area (Å²) in [4.78, 5) is 28.0. The van der Waals surface area contributed by atoms with E-state index in [4.69, 9.17) is 16.2 Å². The topological polar surface area (TPSA) is 120 Å². The maximum atomic E-state index is 12.1. The summed E-state index contributed by atoms with van der Waals surface area (Å²) in [6, 6.07) is -0.634. The number of amides is 1. The van der Waals surface area contributed by atoms with Crippen molar-refractivity contribution in [3.8, 4) is 0 Å². The number of carbonyl (C=O) groups excluding carboxylic acids is 2. The van der Waals surface area contributed by atoms with Gasteiger partial charge in [0.15, 0.2) is 5.96 Å². The average Bonchev–Trinajstić information content (AvgIpc) is 2.62. The lowest BCUT2D eigenvalue weighted by atomic mass is 10.1. The van der Waals surface area contributed by atoms with Gasteiger partial charge in [0.1, 0.15) is 6.04 Å². The van der Waals surface area contributed by atoms with Gasteiger partial charge in [-0.25, -0.2) is 4.79 Å². The third-order valence-electron chi connectivity index (χ3n) is 4.36. The molecule has 0 aromatic rings. The van der Waals surface area contributed by atoms with Crippen molar-refractivity contribution in [2.75, 3.05) is 13.2 Å². The van der Waals surface area contributed by atoms with E-state index in [0.29, 0.717) is 25.8 Å². The predicted octanol–water partition coefficient (Wildman–Crippen LogP) is 3.46. The number of ether oxygens (including phenoxy) is 1. The molecule has 0 heterocycles. The lowest BCUT2D eigenvalue weighted by Crippen LogP contribution is -2.42. The van der Waals surface area contributed by atoms with Crippen LogP contribution in [0.1, 0.15) is 90.9 Å². The van der Waals surface area contributed by atoms with Gasteiger partial charge in [0.05, 0.1) is 6.61 Å². The third kappa shape index (κ3) is 17.6. The Balaban J connectivity index is 0. The van der Waals surface area contributed by atoms with Crippen LogP contribution in [0.4, 0.5) is 0 Å². The Kier molecular flexibility index (Phi) is 20.3. The summed E-state index contributed by atoms with van der Waals surface area (Å²) in [7, 11) is 0. The van der Waals surface area contributed by atoms with Crippen LogP contribution in [0.25, 0.3) is 0 Å². The second-order valence-electron chi connectivity index (χ2n) is 6.90. The molecule has 0 aliphatic carbocycles. The Labute approximate surface area is 172 Å². The largest absolute Gasteiger partial charge is 0.464 e. The Hall–Kier alpha value is -1.79. The number of nitrogens with one attached hydrogen (secondary N) is 1. The van der Waals surface area contributed by atoms with Gasteiger partial charge in [-0.05, 0) is 26.2 Å². The van der Waals surface area contributed by atoms with E-state index < -0.39 is 12.0 Å². The zero-order valence-corrected chi connectivity index (χ0v) is 18.3. The highest BCUT2D eigenvalue weighted by molar-refractivity contribution is 5.84. The van der Waals surface area contributed by atoms with Gasteiger partial charge in [0.25, 0.3) is 0 Å². The van der Waals surface area contributed by atoms with Crippen LogP contribution >= 0.6 is 0 Å². The van der Waals surface area contributed by atoms with Crippen molar-refractivity contribution >= 4 is 17.8 Å². The number of guanidine groups is 1. The van der Waals surface area contributed by atoms with Crippen LogP contribution in [-0.4, -0.2) is 37.0 Å². The van der Waals surface area contributed by atoms with E-state index in [2.05, 4.69) is 17.2 Å². The van der Waals surface area contributed by atoms with Crippen LogP contribution in [0.15, 0.2) is 4.99 Å².